The Bertz CT molecular complexity index is 677. The molecule has 1 aliphatic heterocycles. The van der Waals surface area contributed by atoms with Crippen molar-refractivity contribution in [3.63, 3.8) is 0 Å². The molecule has 1 atom stereocenters. The Morgan fingerprint density at radius 3 is 2.60 bits per heavy atom. The van der Waals surface area contributed by atoms with Gasteiger partial charge in [-0.25, -0.2) is 4.79 Å². The lowest BCUT2D eigenvalue weighted by molar-refractivity contribution is -0.157. The molecule has 1 aromatic carbocycles. The Labute approximate surface area is 149 Å². The van der Waals surface area contributed by atoms with Gasteiger partial charge in [0.1, 0.15) is 0 Å². The molecule has 1 aliphatic rings. The van der Waals surface area contributed by atoms with Gasteiger partial charge in [0.25, 0.3) is 11.8 Å². The van der Waals surface area contributed by atoms with Gasteiger partial charge in [-0.2, -0.15) is 0 Å². The van der Waals surface area contributed by atoms with E-state index >= 15 is 0 Å². The van der Waals surface area contributed by atoms with Crippen molar-refractivity contribution in [1.82, 2.24) is 15.5 Å². The fourth-order valence-electron chi connectivity index (χ4n) is 2.19. The predicted octanol–water partition coefficient (Wildman–Crippen LogP) is 0.943. The van der Waals surface area contributed by atoms with Crippen LogP contribution in [-0.2, 0) is 14.3 Å². The molecule has 2 rings (SSSR count). The van der Waals surface area contributed by atoms with E-state index in [1.54, 1.807) is 24.3 Å². The number of hydrogen-bond donors (Lipinski definition) is 2. The minimum Gasteiger partial charge on any atom is -0.452 e. The molecule has 1 fully saturated rings. The summed E-state index contributed by atoms with van der Waals surface area (Å²) < 4.78 is 5.00. The average Bonchev–Trinajstić information content (AvgIpc) is 3.00. The van der Waals surface area contributed by atoms with E-state index in [4.69, 9.17) is 16.3 Å². The van der Waals surface area contributed by atoms with Gasteiger partial charge >= 0.3 is 12.0 Å². The maximum absolute atomic E-state index is 12.0. The molecule has 1 aromatic rings. The van der Waals surface area contributed by atoms with Gasteiger partial charge < -0.3 is 15.4 Å². The molecule has 9 heteroatoms. The second-order valence-electron chi connectivity index (χ2n) is 5.37. The number of benzene rings is 1. The number of carbonyl (C=O) groups is 4. The highest BCUT2D eigenvalue weighted by atomic mass is 35.5. The zero-order valence-electron chi connectivity index (χ0n) is 13.6. The fourth-order valence-corrected chi connectivity index (χ4v) is 2.32. The highest BCUT2D eigenvalue weighted by Crippen LogP contribution is 2.09. The number of esters is 1. The number of rotatable bonds is 6. The Hall–Kier alpha value is -2.61. The van der Waals surface area contributed by atoms with Gasteiger partial charge in [0.05, 0.1) is 6.42 Å². The lowest BCUT2D eigenvalue weighted by Gasteiger charge is -2.18. The summed E-state index contributed by atoms with van der Waals surface area (Å²) in [7, 11) is 0. The molecule has 8 nitrogen and oxygen atoms in total. The first-order valence-electron chi connectivity index (χ1n) is 7.71. The Morgan fingerprint density at radius 1 is 1.32 bits per heavy atom. The van der Waals surface area contributed by atoms with Gasteiger partial charge in [0.15, 0.2) is 6.10 Å². The van der Waals surface area contributed by atoms with Crippen molar-refractivity contribution in [2.24, 2.45) is 0 Å². The van der Waals surface area contributed by atoms with Crippen LogP contribution in [0, 0.1) is 0 Å². The summed E-state index contributed by atoms with van der Waals surface area (Å²) in [6, 6.07) is 5.82. The normalized spacial score (nSPS) is 14.6. The van der Waals surface area contributed by atoms with Crippen LogP contribution in [0.4, 0.5) is 4.79 Å². The number of amides is 4. The van der Waals surface area contributed by atoms with Crippen LogP contribution >= 0.6 is 11.6 Å². The van der Waals surface area contributed by atoms with E-state index in [0.29, 0.717) is 17.1 Å². The summed E-state index contributed by atoms with van der Waals surface area (Å²) in [4.78, 5) is 48.0. The maximum Gasteiger partial charge on any atom is 0.324 e. The molecule has 4 amide bonds. The largest absolute Gasteiger partial charge is 0.452 e. The number of urea groups is 1. The smallest absolute Gasteiger partial charge is 0.324 e. The zero-order valence-corrected chi connectivity index (χ0v) is 14.3. The number of imide groups is 1. The van der Waals surface area contributed by atoms with Gasteiger partial charge in [0, 0.05) is 30.2 Å². The molecule has 25 heavy (non-hydrogen) atoms. The number of carbonyl (C=O) groups excluding carboxylic acids is 4. The van der Waals surface area contributed by atoms with Crippen LogP contribution in [0.2, 0.25) is 5.02 Å². The topological polar surface area (TPSA) is 105 Å². The van der Waals surface area contributed by atoms with Gasteiger partial charge in [0.2, 0.25) is 0 Å². The number of nitrogens with zero attached hydrogens (tertiary/aromatic N) is 1. The summed E-state index contributed by atoms with van der Waals surface area (Å²) in [6.07, 6.45) is -1.16. The van der Waals surface area contributed by atoms with Gasteiger partial charge in [-0.15, -0.1) is 0 Å². The van der Waals surface area contributed by atoms with Crippen LogP contribution in [-0.4, -0.2) is 54.5 Å². The van der Waals surface area contributed by atoms with Gasteiger partial charge in [-0.1, -0.05) is 11.6 Å². The molecule has 134 valence electrons. The fraction of sp³-hybridized carbons (Fsp3) is 0.375. The van der Waals surface area contributed by atoms with Crippen LogP contribution in [0.1, 0.15) is 23.7 Å². The number of hydrogen-bond acceptors (Lipinski definition) is 5. The number of halogens is 1. The van der Waals surface area contributed by atoms with Crippen LogP contribution < -0.4 is 10.6 Å². The molecule has 1 heterocycles. The van der Waals surface area contributed by atoms with Crippen LogP contribution in [0.25, 0.3) is 0 Å². The van der Waals surface area contributed by atoms with E-state index in [1.165, 1.54) is 6.92 Å². The number of ether oxygens (including phenoxy) is 1. The molecule has 0 unspecified atom stereocenters. The summed E-state index contributed by atoms with van der Waals surface area (Å²) in [5, 5.41) is 5.58. The van der Waals surface area contributed by atoms with E-state index in [9.17, 15) is 19.2 Å². The van der Waals surface area contributed by atoms with Crippen molar-refractivity contribution in [3.8, 4) is 0 Å². The third-order valence-electron chi connectivity index (χ3n) is 3.50. The third-order valence-corrected chi connectivity index (χ3v) is 3.75. The summed E-state index contributed by atoms with van der Waals surface area (Å²) in [5.41, 5.74) is 0.418. The van der Waals surface area contributed by atoms with Crippen molar-refractivity contribution < 1.29 is 23.9 Å². The molecule has 0 radical (unpaired) electrons. The zero-order chi connectivity index (χ0) is 18.4. The second kappa shape index (κ2) is 8.48. The van der Waals surface area contributed by atoms with E-state index in [1.807, 2.05) is 0 Å². The molecule has 0 bridgehead atoms. The summed E-state index contributed by atoms with van der Waals surface area (Å²) in [6.45, 7) is 2.09. The van der Waals surface area contributed by atoms with Gasteiger partial charge in [-0.3, -0.25) is 19.3 Å². The van der Waals surface area contributed by atoms with E-state index in [0.717, 1.165) is 4.90 Å². The minimum absolute atomic E-state index is 0.0609. The second-order valence-corrected chi connectivity index (χ2v) is 5.80. The first-order chi connectivity index (χ1) is 11.9. The first-order valence-corrected chi connectivity index (χ1v) is 8.08. The predicted molar refractivity (Wildman–Crippen MR) is 89.1 cm³/mol. The summed E-state index contributed by atoms with van der Waals surface area (Å²) >= 11 is 5.74. The average molecular weight is 368 g/mol. The molecule has 0 spiro atoms. The molecule has 0 saturated carbocycles. The quantitative estimate of drug-likeness (QED) is 0.728. The first kappa shape index (κ1) is 18.7. The third kappa shape index (κ3) is 5.18. The molecular weight excluding hydrogens is 350 g/mol. The van der Waals surface area contributed by atoms with E-state index < -0.39 is 24.0 Å². The molecular formula is C16H18ClN3O5. The lowest BCUT2D eigenvalue weighted by atomic mass is 10.2. The van der Waals surface area contributed by atoms with Crippen molar-refractivity contribution in [1.29, 1.82) is 0 Å². The van der Waals surface area contributed by atoms with Crippen LogP contribution in [0.15, 0.2) is 24.3 Å². The van der Waals surface area contributed by atoms with Crippen LogP contribution in [0.3, 0.4) is 0 Å². The van der Waals surface area contributed by atoms with Gasteiger partial charge in [-0.05, 0) is 31.2 Å². The van der Waals surface area contributed by atoms with Crippen molar-refractivity contribution in [3.05, 3.63) is 34.9 Å². The molecule has 2 N–H and O–H groups in total. The van der Waals surface area contributed by atoms with Crippen molar-refractivity contribution in [2.45, 2.75) is 19.4 Å². The van der Waals surface area contributed by atoms with Crippen molar-refractivity contribution >= 4 is 35.4 Å². The minimum atomic E-state index is -1.07. The van der Waals surface area contributed by atoms with Crippen LogP contribution in [0.5, 0.6) is 0 Å². The molecule has 0 aromatic heterocycles. The standard InChI is InChI=1S/C16H18ClN3O5/c1-10(15(23)20-9-8-19-16(20)24)25-13(21)6-7-18-14(22)11-2-4-12(17)5-3-11/h2-5,10H,6-9H2,1H3,(H,18,22)(H,19,24)/t10-/m1/s1. The van der Waals surface area contributed by atoms with E-state index in [2.05, 4.69) is 10.6 Å². The van der Waals surface area contributed by atoms with Crippen molar-refractivity contribution in [2.75, 3.05) is 19.6 Å². The molecule has 0 aliphatic carbocycles. The maximum atomic E-state index is 12.0. The highest BCUT2D eigenvalue weighted by Gasteiger charge is 2.31. The Kier molecular flexibility index (Phi) is 6.35. The monoisotopic (exact) mass is 367 g/mol. The Morgan fingerprint density at radius 2 is 2.00 bits per heavy atom. The summed E-state index contributed by atoms with van der Waals surface area (Å²) in [5.74, 6) is -1.56. The SMILES string of the molecule is C[C@@H](OC(=O)CCNC(=O)c1ccc(Cl)cc1)C(=O)N1CCNC1=O. The Balaban J connectivity index is 1.73. The lowest BCUT2D eigenvalue weighted by Crippen LogP contribution is -2.42. The molecule has 1 saturated heterocycles. The van der Waals surface area contributed by atoms with E-state index in [-0.39, 0.29) is 25.4 Å². The highest BCUT2D eigenvalue weighted by molar-refractivity contribution is 6.30. The number of nitrogens with one attached hydrogen (secondary N) is 2.